The van der Waals surface area contributed by atoms with Gasteiger partial charge in [-0.3, -0.25) is 4.79 Å². The summed E-state index contributed by atoms with van der Waals surface area (Å²) in [6.45, 7) is 3.33. The molecular weight excluding hydrogens is 314 g/mol. The molecule has 0 unspecified atom stereocenters. The molecule has 0 aliphatic carbocycles. The second-order valence-electron chi connectivity index (χ2n) is 5.71. The highest BCUT2D eigenvalue weighted by molar-refractivity contribution is 6.30. The maximum Gasteiger partial charge on any atom is 0.254 e. The Labute approximate surface area is 140 Å². The van der Waals surface area contributed by atoms with E-state index in [0.29, 0.717) is 17.1 Å². The fourth-order valence-corrected chi connectivity index (χ4v) is 3.00. The van der Waals surface area contributed by atoms with E-state index in [4.69, 9.17) is 16.3 Å². The van der Waals surface area contributed by atoms with E-state index in [0.717, 1.165) is 37.3 Å². The first-order valence-electron chi connectivity index (χ1n) is 7.85. The lowest BCUT2D eigenvalue weighted by molar-refractivity contribution is 0.0906. The third-order valence-electron chi connectivity index (χ3n) is 4.08. The molecule has 5 nitrogen and oxygen atoms in total. The number of hydrogen-bond acceptors (Lipinski definition) is 3. The number of benzene rings is 1. The molecule has 23 heavy (non-hydrogen) atoms. The quantitative estimate of drug-likeness (QED) is 0.914. The monoisotopic (exact) mass is 333 g/mol. The Bertz CT molecular complexity index is 693. The summed E-state index contributed by atoms with van der Waals surface area (Å²) in [4.78, 5) is 12.3. The van der Waals surface area contributed by atoms with Gasteiger partial charge in [-0.2, -0.15) is 5.10 Å². The van der Waals surface area contributed by atoms with Crippen LogP contribution in [0.3, 0.4) is 0 Å². The minimum absolute atomic E-state index is 0.103. The molecule has 0 spiro atoms. The molecular formula is C17H20ClN3O2. The van der Waals surface area contributed by atoms with Gasteiger partial charge < -0.3 is 10.1 Å². The summed E-state index contributed by atoms with van der Waals surface area (Å²) in [5.74, 6) is -0.103. The first kappa shape index (κ1) is 16.0. The van der Waals surface area contributed by atoms with Gasteiger partial charge in [0.1, 0.15) is 0 Å². The molecule has 6 heteroatoms. The lowest BCUT2D eigenvalue weighted by atomic mass is 10.2. The highest BCUT2D eigenvalue weighted by Crippen LogP contribution is 2.18. The molecule has 1 amide bonds. The van der Waals surface area contributed by atoms with Crippen molar-refractivity contribution in [3.63, 3.8) is 0 Å². The van der Waals surface area contributed by atoms with Gasteiger partial charge in [0.2, 0.25) is 0 Å². The topological polar surface area (TPSA) is 56.1 Å². The van der Waals surface area contributed by atoms with Gasteiger partial charge in [0, 0.05) is 18.2 Å². The molecule has 3 rings (SSSR count). The molecule has 0 saturated carbocycles. The van der Waals surface area contributed by atoms with Crippen molar-refractivity contribution >= 4 is 17.5 Å². The molecule has 122 valence electrons. The Morgan fingerprint density at radius 2 is 2.39 bits per heavy atom. The van der Waals surface area contributed by atoms with Gasteiger partial charge in [0.15, 0.2) is 0 Å². The van der Waals surface area contributed by atoms with Crippen LogP contribution in [-0.4, -0.2) is 34.9 Å². The number of carbonyl (C=O) groups is 1. The van der Waals surface area contributed by atoms with Crippen LogP contribution in [0.2, 0.25) is 5.02 Å². The second-order valence-corrected chi connectivity index (χ2v) is 6.15. The number of amides is 1. The Hall–Kier alpha value is -1.85. The first-order valence-corrected chi connectivity index (χ1v) is 8.23. The van der Waals surface area contributed by atoms with Crippen molar-refractivity contribution in [3.05, 3.63) is 46.7 Å². The molecule has 1 saturated heterocycles. The van der Waals surface area contributed by atoms with Gasteiger partial charge in [0.25, 0.3) is 5.91 Å². The number of aromatic nitrogens is 2. The van der Waals surface area contributed by atoms with E-state index in [1.807, 2.05) is 31.2 Å². The van der Waals surface area contributed by atoms with E-state index < -0.39 is 0 Å². The first-order chi connectivity index (χ1) is 11.1. The Kier molecular flexibility index (Phi) is 4.98. The summed E-state index contributed by atoms with van der Waals surface area (Å²) < 4.78 is 7.28. The molecule has 1 aliphatic rings. The third-order valence-corrected chi connectivity index (χ3v) is 4.32. The normalized spacial score (nSPS) is 17.4. The lowest BCUT2D eigenvalue weighted by Gasteiger charge is -2.10. The van der Waals surface area contributed by atoms with Crippen LogP contribution in [-0.2, 0) is 4.74 Å². The van der Waals surface area contributed by atoms with Crippen molar-refractivity contribution in [2.24, 2.45) is 0 Å². The highest BCUT2D eigenvalue weighted by Gasteiger charge is 2.17. The van der Waals surface area contributed by atoms with Crippen LogP contribution in [0.5, 0.6) is 0 Å². The summed E-state index contributed by atoms with van der Waals surface area (Å²) in [7, 11) is 0. The van der Waals surface area contributed by atoms with Crippen molar-refractivity contribution in [2.45, 2.75) is 32.3 Å². The zero-order valence-electron chi connectivity index (χ0n) is 13.1. The van der Waals surface area contributed by atoms with Crippen molar-refractivity contribution < 1.29 is 9.53 Å². The van der Waals surface area contributed by atoms with Gasteiger partial charge in [0.05, 0.1) is 29.2 Å². The van der Waals surface area contributed by atoms with Crippen molar-refractivity contribution in [1.29, 1.82) is 0 Å². The standard InChI is InChI=1S/C17H20ClN3O2/c1-12-16(17(22)19-8-7-15-6-3-9-23-15)11-20-21(12)14-5-2-4-13(18)10-14/h2,4-5,10-11,15H,3,6-9H2,1H3,(H,19,22)/t15-/m0/s1. The third kappa shape index (κ3) is 3.74. The van der Waals surface area contributed by atoms with Crippen molar-refractivity contribution in [3.8, 4) is 5.69 Å². The van der Waals surface area contributed by atoms with E-state index in [9.17, 15) is 4.79 Å². The number of ether oxygens (including phenoxy) is 1. The maximum absolute atomic E-state index is 12.3. The molecule has 1 atom stereocenters. The molecule has 0 radical (unpaired) electrons. The van der Waals surface area contributed by atoms with Gasteiger partial charge in [-0.15, -0.1) is 0 Å². The summed E-state index contributed by atoms with van der Waals surface area (Å²) in [6, 6.07) is 7.40. The number of hydrogen-bond donors (Lipinski definition) is 1. The summed E-state index contributed by atoms with van der Waals surface area (Å²) >= 11 is 6.01. The highest BCUT2D eigenvalue weighted by atomic mass is 35.5. The minimum Gasteiger partial charge on any atom is -0.378 e. The number of rotatable bonds is 5. The molecule has 0 bridgehead atoms. The Balaban J connectivity index is 1.65. The SMILES string of the molecule is Cc1c(C(=O)NCC[C@@H]2CCCO2)cnn1-c1cccc(Cl)c1. The summed E-state index contributed by atoms with van der Waals surface area (Å²) in [5.41, 5.74) is 2.22. The van der Waals surface area contributed by atoms with Crippen LogP contribution in [0.25, 0.3) is 5.69 Å². The average molecular weight is 334 g/mol. The second kappa shape index (κ2) is 7.15. The molecule has 1 aromatic carbocycles. The molecule has 2 heterocycles. The number of nitrogens with zero attached hydrogens (tertiary/aromatic N) is 2. The van der Waals surface area contributed by atoms with Crippen LogP contribution in [0.15, 0.2) is 30.5 Å². The van der Waals surface area contributed by atoms with E-state index in [1.165, 1.54) is 0 Å². The Morgan fingerprint density at radius 1 is 1.52 bits per heavy atom. The van der Waals surface area contributed by atoms with E-state index in [2.05, 4.69) is 10.4 Å². The van der Waals surface area contributed by atoms with Crippen molar-refractivity contribution in [2.75, 3.05) is 13.2 Å². The largest absolute Gasteiger partial charge is 0.378 e. The molecule has 1 aliphatic heterocycles. The Morgan fingerprint density at radius 3 is 3.13 bits per heavy atom. The van der Waals surface area contributed by atoms with Gasteiger partial charge >= 0.3 is 0 Å². The predicted molar refractivity (Wildman–Crippen MR) is 89.2 cm³/mol. The number of halogens is 1. The summed E-state index contributed by atoms with van der Waals surface area (Å²) in [6.07, 6.45) is 4.93. The fraction of sp³-hybridized carbons (Fsp3) is 0.412. The van der Waals surface area contributed by atoms with Crippen LogP contribution in [0.1, 0.15) is 35.3 Å². The smallest absolute Gasteiger partial charge is 0.254 e. The molecule has 1 fully saturated rings. The predicted octanol–water partition coefficient (Wildman–Crippen LogP) is 3.13. The zero-order chi connectivity index (χ0) is 16.2. The maximum atomic E-state index is 12.3. The minimum atomic E-state index is -0.103. The molecule has 1 aromatic heterocycles. The number of nitrogens with one attached hydrogen (secondary N) is 1. The molecule has 2 aromatic rings. The van der Waals surface area contributed by atoms with Crippen LogP contribution >= 0.6 is 11.6 Å². The van der Waals surface area contributed by atoms with Crippen LogP contribution < -0.4 is 5.32 Å². The average Bonchev–Trinajstić information content (AvgIpc) is 3.17. The van der Waals surface area contributed by atoms with Crippen LogP contribution in [0, 0.1) is 6.92 Å². The van der Waals surface area contributed by atoms with Crippen LogP contribution in [0.4, 0.5) is 0 Å². The molecule has 1 N–H and O–H groups in total. The van der Waals surface area contributed by atoms with E-state index in [-0.39, 0.29) is 12.0 Å². The fourth-order valence-electron chi connectivity index (χ4n) is 2.81. The van der Waals surface area contributed by atoms with Crippen molar-refractivity contribution in [1.82, 2.24) is 15.1 Å². The van der Waals surface area contributed by atoms with Gasteiger partial charge in [-0.25, -0.2) is 4.68 Å². The van der Waals surface area contributed by atoms with Gasteiger partial charge in [-0.1, -0.05) is 17.7 Å². The van der Waals surface area contributed by atoms with E-state index >= 15 is 0 Å². The lowest BCUT2D eigenvalue weighted by Crippen LogP contribution is -2.27. The van der Waals surface area contributed by atoms with E-state index in [1.54, 1.807) is 10.9 Å². The number of carbonyl (C=O) groups excluding carboxylic acids is 1. The zero-order valence-corrected chi connectivity index (χ0v) is 13.8. The summed E-state index contributed by atoms with van der Waals surface area (Å²) in [5, 5.41) is 7.89. The van der Waals surface area contributed by atoms with Gasteiger partial charge in [-0.05, 0) is 44.4 Å².